The summed E-state index contributed by atoms with van der Waals surface area (Å²) in [6, 6.07) is 7.65. The maximum absolute atomic E-state index is 15.3. The van der Waals surface area contributed by atoms with Crippen molar-refractivity contribution in [2.24, 2.45) is 0 Å². The fourth-order valence-corrected chi connectivity index (χ4v) is 4.93. The Morgan fingerprint density at radius 2 is 1.69 bits per heavy atom. The molecule has 0 spiro atoms. The standard InChI is InChI=1S/C25H27F2N5O3S/c26-21-13-20(32-4-8-35-9-5-32)14-22(27)24(21)18-11-19(15-31-2-6-34-7-3-31)28-23(12-18)29-30-25(33)17-1-10-36-16-17/h1,10-14,16H,2-9,15H2,(H,28,29)(H,30,33). The van der Waals surface area contributed by atoms with Crippen molar-refractivity contribution in [3.63, 3.8) is 0 Å². The van der Waals surface area contributed by atoms with Crippen molar-refractivity contribution in [3.05, 3.63) is 64.0 Å². The van der Waals surface area contributed by atoms with Crippen molar-refractivity contribution in [2.75, 3.05) is 62.9 Å². The molecule has 0 atom stereocenters. The smallest absolute Gasteiger partial charge is 0.270 e. The van der Waals surface area contributed by atoms with Gasteiger partial charge in [0.25, 0.3) is 5.91 Å². The van der Waals surface area contributed by atoms with Crippen LogP contribution in [0, 0.1) is 11.6 Å². The molecule has 1 aromatic carbocycles. The average molecular weight is 516 g/mol. The highest BCUT2D eigenvalue weighted by Crippen LogP contribution is 2.32. The molecule has 0 unspecified atom stereocenters. The third kappa shape index (κ3) is 5.81. The molecule has 0 bridgehead atoms. The normalized spacial score (nSPS) is 16.7. The number of rotatable bonds is 7. The first-order valence-corrected chi connectivity index (χ1v) is 12.7. The summed E-state index contributed by atoms with van der Waals surface area (Å²) in [6.07, 6.45) is 0. The number of aromatic nitrogens is 1. The maximum atomic E-state index is 15.3. The van der Waals surface area contributed by atoms with Crippen molar-refractivity contribution in [2.45, 2.75) is 6.54 Å². The zero-order valence-corrected chi connectivity index (χ0v) is 20.5. The summed E-state index contributed by atoms with van der Waals surface area (Å²) < 4.78 is 41.4. The predicted octanol–water partition coefficient (Wildman–Crippen LogP) is 3.51. The predicted molar refractivity (Wildman–Crippen MR) is 134 cm³/mol. The van der Waals surface area contributed by atoms with E-state index in [1.165, 1.54) is 29.5 Å². The van der Waals surface area contributed by atoms with Crippen LogP contribution >= 0.6 is 11.3 Å². The van der Waals surface area contributed by atoms with Gasteiger partial charge in [0.1, 0.15) is 17.5 Å². The van der Waals surface area contributed by atoms with E-state index in [0.29, 0.717) is 68.6 Å². The SMILES string of the molecule is O=C(NNc1cc(-c2c(F)cc(N3CCOCC3)cc2F)cc(CN2CCOCC2)n1)c1ccsc1. The van der Waals surface area contributed by atoms with E-state index < -0.39 is 11.6 Å². The number of amides is 1. The highest BCUT2D eigenvalue weighted by molar-refractivity contribution is 7.08. The summed E-state index contributed by atoms with van der Waals surface area (Å²) in [7, 11) is 0. The molecular formula is C25H27F2N5O3S. The topological polar surface area (TPSA) is 79.0 Å². The molecule has 2 N–H and O–H groups in total. The number of nitrogens with zero attached hydrogens (tertiary/aromatic N) is 3. The quantitative estimate of drug-likeness (QED) is 0.466. The molecule has 8 nitrogen and oxygen atoms in total. The summed E-state index contributed by atoms with van der Waals surface area (Å²) in [4.78, 5) is 21.0. The van der Waals surface area contributed by atoms with E-state index in [2.05, 4.69) is 20.7 Å². The van der Waals surface area contributed by atoms with E-state index >= 15 is 8.78 Å². The van der Waals surface area contributed by atoms with E-state index in [-0.39, 0.29) is 17.3 Å². The van der Waals surface area contributed by atoms with Gasteiger partial charge in [-0.1, -0.05) is 0 Å². The van der Waals surface area contributed by atoms with Crippen LogP contribution in [0.15, 0.2) is 41.1 Å². The molecule has 0 saturated carbocycles. The molecule has 2 aliphatic rings. The van der Waals surface area contributed by atoms with Crippen LogP contribution in [-0.2, 0) is 16.0 Å². The lowest BCUT2D eigenvalue weighted by Gasteiger charge is -2.29. The van der Waals surface area contributed by atoms with E-state index in [4.69, 9.17) is 9.47 Å². The maximum Gasteiger partial charge on any atom is 0.270 e. The Morgan fingerprint density at radius 1 is 1.00 bits per heavy atom. The van der Waals surface area contributed by atoms with Crippen LogP contribution in [0.3, 0.4) is 0 Å². The average Bonchev–Trinajstić information content (AvgIpc) is 3.43. The summed E-state index contributed by atoms with van der Waals surface area (Å²) in [5.41, 5.74) is 7.23. The highest BCUT2D eigenvalue weighted by Gasteiger charge is 2.20. The highest BCUT2D eigenvalue weighted by atomic mass is 32.1. The fraction of sp³-hybridized carbons (Fsp3) is 0.360. The number of ether oxygens (including phenoxy) is 2. The Bertz CT molecular complexity index is 1180. The number of hydrogen-bond donors (Lipinski definition) is 2. The van der Waals surface area contributed by atoms with Gasteiger partial charge in [0, 0.05) is 43.8 Å². The lowest BCUT2D eigenvalue weighted by atomic mass is 10.0. The summed E-state index contributed by atoms with van der Waals surface area (Å²) >= 11 is 1.41. The molecule has 1 amide bonds. The Morgan fingerprint density at radius 3 is 2.36 bits per heavy atom. The second-order valence-electron chi connectivity index (χ2n) is 8.60. The van der Waals surface area contributed by atoms with Crippen molar-refractivity contribution >= 4 is 28.7 Å². The van der Waals surface area contributed by atoms with E-state index in [1.54, 1.807) is 22.9 Å². The van der Waals surface area contributed by atoms with Crippen LogP contribution in [0.2, 0.25) is 0 Å². The molecule has 3 aromatic rings. The zero-order chi connectivity index (χ0) is 24.9. The molecular weight excluding hydrogens is 488 g/mol. The first kappa shape index (κ1) is 24.6. The largest absolute Gasteiger partial charge is 0.379 e. The minimum atomic E-state index is -0.659. The van der Waals surface area contributed by atoms with E-state index in [9.17, 15) is 4.79 Å². The number of halogens is 2. The minimum Gasteiger partial charge on any atom is -0.379 e. The molecule has 5 rings (SSSR count). The number of nitrogens with one attached hydrogen (secondary N) is 2. The summed E-state index contributed by atoms with van der Waals surface area (Å²) in [5.74, 6) is -1.36. The molecule has 11 heteroatoms. The molecule has 2 fully saturated rings. The third-order valence-corrected chi connectivity index (χ3v) is 6.83. The van der Waals surface area contributed by atoms with Gasteiger partial charge in [0.05, 0.1) is 43.2 Å². The van der Waals surface area contributed by atoms with Crippen LogP contribution in [0.5, 0.6) is 0 Å². The van der Waals surface area contributed by atoms with Crippen LogP contribution < -0.4 is 15.8 Å². The second kappa shape index (κ2) is 11.3. The molecule has 2 aromatic heterocycles. The van der Waals surface area contributed by atoms with Gasteiger partial charge in [-0.15, -0.1) is 0 Å². The number of thiophene rings is 1. The van der Waals surface area contributed by atoms with Crippen LogP contribution in [0.4, 0.5) is 20.3 Å². The number of anilines is 2. The lowest BCUT2D eigenvalue weighted by Crippen LogP contribution is -2.36. The minimum absolute atomic E-state index is 0.134. The van der Waals surface area contributed by atoms with Gasteiger partial charge in [0.2, 0.25) is 0 Å². The lowest BCUT2D eigenvalue weighted by molar-refractivity contribution is 0.0337. The Labute approximate surface area is 211 Å². The first-order valence-electron chi connectivity index (χ1n) is 11.8. The van der Waals surface area contributed by atoms with Crippen LogP contribution in [0.1, 0.15) is 16.1 Å². The molecule has 0 radical (unpaired) electrons. The van der Waals surface area contributed by atoms with Crippen molar-refractivity contribution in [1.29, 1.82) is 0 Å². The number of carbonyl (C=O) groups is 1. The van der Waals surface area contributed by atoms with Gasteiger partial charge in [-0.3, -0.25) is 20.5 Å². The monoisotopic (exact) mass is 515 g/mol. The zero-order valence-electron chi connectivity index (χ0n) is 19.6. The summed E-state index contributed by atoms with van der Waals surface area (Å²) in [6.45, 7) is 5.39. The third-order valence-electron chi connectivity index (χ3n) is 6.15. The van der Waals surface area contributed by atoms with Crippen LogP contribution in [-0.4, -0.2) is 68.4 Å². The molecule has 4 heterocycles. The van der Waals surface area contributed by atoms with Crippen molar-refractivity contribution in [3.8, 4) is 11.1 Å². The summed E-state index contributed by atoms with van der Waals surface area (Å²) in [5, 5.41) is 3.53. The Hall–Kier alpha value is -3.12. The number of carbonyl (C=O) groups excluding carboxylic acids is 1. The number of morpholine rings is 2. The van der Waals surface area contributed by atoms with Gasteiger partial charge in [0.15, 0.2) is 0 Å². The molecule has 2 saturated heterocycles. The molecule has 36 heavy (non-hydrogen) atoms. The number of hydrogen-bond acceptors (Lipinski definition) is 8. The number of pyridine rings is 1. The van der Waals surface area contributed by atoms with Gasteiger partial charge < -0.3 is 14.4 Å². The van der Waals surface area contributed by atoms with Crippen molar-refractivity contribution < 1.29 is 23.0 Å². The molecule has 190 valence electrons. The van der Waals surface area contributed by atoms with Gasteiger partial charge in [-0.25, -0.2) is 13.8 Å². The Balaban J connectivity index is 1.44. The first-order chi connectivity index (χ1) is 17.6. The van der Waals surface area contributed by atoms with Gasteiger partial charge in [-0.2, -0.15) is 11.3 Å². The number of benzene rings is 1. The Kier molecular flexibility index (Phi) is 7.71. The number of hydrazine groups is 1. The van der Waals surface area contributed by atoms with Crippen LogP contribution in [0.25, 0.3) is 11.1 Å². The van der Waals surface area contributed by atoms with Crippen molar-refractivity contribution in [1.82, 2.24) is 15.3 Å². The van der Waals surface area contributed by atoms with Gasteiger partial charge >= 0.3 is 0 Å². The van der Waals surface area contributed by atoms with E-state index in [1.807, 2.05) is 4.90 Å². The van der Waals surface area contributed by atoms with Gasteiger partial charge in [-0.05, 0) is 41.3 Å². The molecule has 0 aliphatic carbocycles. The fourth-order valence-electron chi connectivity index (χ4n) is 4.29. The van der Waals surface area contributed by atoms with E-state index in [0.717, 1.165) is 13.1 Å². The molecule has 2 aliphatic heterocycles. The second-order valence-corrected chi connectivity index (χ2v) is 9.38.